The van der Waals surface area contributed by atoms with E-state index in [-0.39, 0.29) is 0 Å². The van der Waals surface area contributed by atoms with Crippen molar-refractivity contribution in [2.75, 3.05) is 19.6 Å². The first-order valence-electron chi connectivity index (χ1n) is 7.56. The van der Waals surface area contributed by atoms with Crippen LogP contribution in [0, 0.1) is 12.8 Å². The highest BCUT2D eigenvalue weighted by Crippen LogP contribution is 2.19. The minimum Gasteiger partial charge on any atom is -0.338 e. The Morgan fingerprint density at radius 1 is 1.33 bits per heavy atom. The molecule has 1 aliphatic heterocycles. The van der Waals surface area contributed by atoms with E-state index < -0.39 is 0 Å². The number of aromatic nitrogens is 2. The maximum absolute atomic E-state index is 5.77. The largest absolute Gasteiger partial charge is 0.338 e. The molecule has 0 amide bonds. The van der Waals surface area contributed by atoms with Crippen LogP contribution in [0.2, 0.25) is 0 Å². The standard InChI is InChI=1S/C16H22N4O/c1-12-4-6-14(7-5-12)16-18-15(21-19-16)11-20-8-2-3-13(9-17)10-20/h4-7,13H,2-3,8-11,17H2,1H3. The molecule has 1 aromatic carbocycles. The van der Waals surface area contributed by atoms with Crippen molar-refractivity contribution < 1.29 is 4.52 Å². The number of nitrogens with two attached hydrogens (primary N) is 1. The fourth-order valence-corrected chi connectivity index (χ4v) is 2.82. The molecule has 1 saturated heterocycles. The summed E-state index contributed by atoms with van der Waals surface area (Å²) in [5.41, 5.74) is 7.99. The van der Waals surface area contributed by atoms with Gasteiger partial charge in [-0.1, -0.05) is 35.0 Å². The quantitative estimate of drug-likeness (QED) is 0.933. The number of benzene rings is 1. The number of rotatable bonds is 4. The summed E-state index contributed by atoms with van der Waals surface area (Å²) in [4.78, 5) is 6.86. The molecule has 1 fully saturated rings. The Balaban J connectivity index is 1.66. The second-order valence-electron chi connectivity index (χ2n) is 5.86. The minimum atomic E-state index is 0.596. The number of aryl methyl sites for hydroxylation is 1. The lowest BCUT2D eigenvalue weighted by molar-refractivity contribution is 0.153. The summed E-state index contributed by atoms with van der Waals surface area (Å²) >= 11 is 0. The average Bonchev–Trinajstić information content (AvgIpc) is 2.96. The zero-order chi connectivity index (χ0) is 14.7. The second-order valence-corrected chi connectivity index (χ2v) is 5.86. The number of likely N-dealkylation sites (tertiary alicyclic amines) is 1. The van der Waals surface area contributed by atoms with Crippen LogP contribution >= 0.6 is 0 Å². The molecule has 1 aromatic heterocycles. The van der Waals surface area contributed by atoms with Gasteiger partial charge in [0.25, 0.3) is 0 Å². The Bertz CT molecular complexity index is 578. The Labute approximate surface area is 125 Å². The second kappa shape index (κ2) is 6.37. The highest BCUT2D eigenvalue weighted by atomic mass is 16.5. The molecule has 2 heterocycles. The molecule has 21 heavy (non-hydrogen) atoms. The molecule has 5 nitrogen and oxygen atoms in total. The molecule has 0 radical (unpaired) electrons. The van der Waals surface area contributed by atoms with Crippen LogP contribution in [0.25, 0.3) is 11.4 Å². The van der Waals surface area contributed by atoms with Crippen molar-refractivity contribution in [3.8, 4) is 11.4 Å². The highest BCUT2D eigenvalue weighted by molar-refractivity contribution is 5.54. The molecule has 0 spiro atoms. The van der Waals surface area contributed by atoms with Crippen LogP contribution in [0.4, 0.5) is 0 Å². The topological polar surface area (TPSA) is 68.2 Å². The summed E-state index contributed by atoms with van der Waals surface area (Å²) in [6.45, 7) is 5.65. The maximum atomic E-state index is 5.77. The van der Waals surface area contributed by atoms with Gasteiger partial charge in [-0.2, -0.15) is 4.98 Å². The third-order valence-electron chi connectivity index (χ3n) is 4.07. The average molecular weight is 286 g/mol. The van der Waals surface area contributed by atoms with Crippen molar-refractivity contribution in [1.82, 2.24) is 15.0 Å². The lowest BCUT2D eigenvalue weighted by Gasteiger charge is -2.30. The van der Waals surface area contributed by atoms with Crippen LogP contribution in [0.3, 0.4) is 0 Å². The van der Waals surface area contributed by atoms with Crippen molar-refractivity contribution >= 4 is 0 Å². The van der Waals surface area contributed by atoms with Crippen molar-refractivity contribution in [3.63, 3.8) is 0 Å². The minimum absolute atomic E-state index is 0.596. The maximum Gasteiger partial charge on any atom is 0.241 e. The predicted molar refractivity (Wildman–Crippen MR) is 81.5 cm³/mol. The fourth-order valence-electron chi connectivity index (χ4n) is 2.82. The monoisotopic (exact) mass is 286 g/mol. The normalized spacial score (nSPS) is 19.8. The summed E-state index contributed by atoms with van der Waals surface area (Å²) < 4.78 is 5.39. The zero-order valence-electron chi connectivity index (χ0n) is 12.5. The van der Waals surface area contributed by atoms with Gasteiger partial charge in [0.1, 0.15) is 0 Å². The third-order valence-corrected chi connectivity index (χ3v) is 4.07. The van der Waals surface area contributed by atoms with E-state index in [4.69, 9.17) is 10.3 Å². The molecule has 5 heteroatoms. The van der Waals surface area contributed by atoms with Gasteiger partial charge in [-0.15, -0.1) is 0 Å². The van der Waals surface area contributed by atoms with Gasteiger partial charge in [-0.05, 0) is 38.8 Å². The fraction of sp³-hybridized carbons (Fsp3) is 0.500. The van der Waals surface area contributed by atoms with E-state index in [0.717, 1.165) is 31.7 Å². The zero-order valence-corrected chi connectivity index (χ0v) is 12.5. The first-order valence-corrected chi connectivity index (χ1v) is 7.56. The first-order chi connectivity index (χ1) is 10.2. The highest BCUT2D eigenvalue weighted by Gasteiger charge is 2.20. The molecule has 1 unspecified atom stereocenters. The summed E-state index contributed by atoms with van der Waals surface area (Å²) in [6, 6.07) is 8.16. The number of hydrogen-bond donors (Lipinski definition) is 1. The van der Waals surface area contributed by atoms with Crippen LogP contribution in [0.15, 0.2) is 28.8 Å². The Morgan fingerprint density at radius 3 is 2.90 bits per heavy atom. The lowest BCUT2D eigenvalue weighted by atomic mass is 9.98. The van der Waals surface area contributed by atoms with Crippen molar-refractivity contribution in [2.24, 2.45) is 11.7 Å². The van der Waals surface area contributed by atoms with Crippen molar-refractivity contribution in [3.05, 3.63) is 35.7 Å². The van der Waals surface area contributed by atoms with Gasteiger partial charge in [0.05, 0.1) is 6.54 Å². The molecule has 2 aromatic rings. The van der Waals surface area contributed by atoms with Gasteiger partial charge >= 0.3 is 0 Å². The molecule has 2 N–H and O–H groups in total. The number of hydrogen-bond acceptors (Lipinski definition) is 5. The van der Waals surface area contributed by atoms with E-state index in [1.165, 1.54) is 18.4 Å². The predicted octanol–water partition coefficient (Wildman–Crippen LogP) is 2.22. The molecule has 112 valence electrons. The van der Waals surface area contributed by atoms with Gasteiger partial charge in [0, 0.05) is 12.1 Å². The molecule has 0 saturated carbocycles. The smallest absolute Gasteiger partial charge is 0.241 e. The van der Waals surface area contributed by atoms with E-state index in [9.17, 15) is 0 Å². The Morgan fingerprint density at radius 2 is 2.14 bits per heavy atom. The van der Waals surface area contributed by atoms with Gasteiger partial charge in [-0.25, -0.2) is 0 Å². The molecule has 1 aliphatic rings. The summed E-state index contributed by atoms with van der Waals surface area (Å²) in [7, 11) is 0. The van der Waals surface area contributed by atoms with Crippen molar-refractivity contribution in [1.29, 1.82) is 0 Å². The molecular weight excluding hydrogens is 264 g/mol. The van der Waals surface area contributed by atoms with Gasteiger partial charge in [-0.3, -0.25) is 4.90 Å². The Kier molecular flexibility index (Phi) is 4.31. The molecule has 3 rings (SSSR count). The van der Waals surface area contributed by atoms with E-state index in [2.05, 4.69) is 34.1 Å². The lowest BCUT2D eigenvalue weighted by Crippen LogP contribution is -2.37. The Hall–Kier alpha value is -1.72. The van der Waals surface area contributed by atoms with E-state index in [0.29, 0.717) is 17.6 Å². The van der Waals surface area contributed by atoms with Gasteiger partial charge < -0.3 is 10.3 Å². The van der Waals surface area contributed by atoms with Crippen LogP contribution in [-0.2, 0) is 6.54 Å². The number of nitrogens with zero attached hydrogens (tertiary/aromatic N) is 3. The van der Waals surface area contributed by atoms with Crippen LogP contribution < -0.4 is 5.73 Å². The SMILES string of the molecule is Cc1ccc(-c2noc(CN3CCCC(CN)C3)n2)cc1. The first kappa shape index (κ1) is 14.2. The van der Waals surface area contributed by atoms with Crippen molar-refractivity contribution in [2.45, 2.75) is 26.3 Å². The molecular formula is C16H22N4O. The summed E-state index contributed by atoms with van der Waals surface area (Å²) in [5.74, 6) is 1.94. The van der Waals surface area contributed by atoms with E-state index >= 15 is 0 Å². The van der Waals surface area contributed by atoms with Crippen LogP contribution in [0.5, 0.6) is 0 Å². The molecule has 0 aliphatic carbocycles. The number of piperidine rings is 1. The molecule has 1 atom stereocenters. The van der Waals surface area contributed by atoms with E-state index in [1.807, 2.05) is 12.1 Å². The van der Waals surface area contributed by atoms with Crippen LogP contribution in [-0.4, -0.2) is 34.7 Å². The van der Waals surface area contributed by atoms with Gasteiger partial charge in [0.15, 0.2) is 0 Å². The third kappa shape index (κ3) is 3.49. The van der Waals surface area contributed by atoms with E-state index in [1.54, 1.807) is 0 Å². The summed E-state index contributed by atoms with van der Waals surface area (Å²) in [5, 5.41) is 4.08. The van der Waals surface area contributed by atoms with Gasteiger partial charge in [0.2, 0.25) is 11.7 Å². The summed E-state index contributed by atoms with van der Waals surface area (Å²) in [6.07, 6.45) is 2.42. The molecule has 0 bridgehead atoms. The van der Waals surface area contributed by atoms with Crippen LogP contribution in [0.1, 0.15) is 24.3 Å².